The van der Waals surface area contributed by atoms with Gasteiger partial charge in [0, 0.05) is 22.3 Å². The summed E-state index contributed by atoms with van der Waals surface area (Å²) in [7, 11) is 1.62. The molecular formula is C25H26N2O3S. The molecule has 0 saturated carbocycles. The van der Waals surface area contributed by atoms with Gasteiger partial charge in [-0.1, -0.05) is 24.3 Å². The average molecular weight is 435 g/mol. The molecule has 0 fully saturated rings. The van der Waals surface area contributed by atoms with Crippen LogP contribution in [0.15, 0.2) is 53.5 Å². The van der Waals surface area contributed by atoms with E-state index in [-0.39, 0.29) is 5.91 Å². The van der Waals surface area contributed by atoms with Crippen molar-refractivity contribution in [2.45, 2.75) is 32.6 Å². The number of ether oxygens (including phenoxy) is 2. The number of aryl methyl sites for hydroxylation is 1. The lowest BCUT2D eigenvalue weighted by Crippen LogP contribution is -2.14. The first kappa shape index (κ1) is 21.1. The monoisotopic (exact) mass is 434 g/mol. The van der Waals surface area contributed by atoms with Gasteiger partial charge in [-0.25, -0.2) is 4.99 Å². The van der Waals surface area contributed by atoms with Crippen LogP contribution in [0.25, 0.3) is 0 Å². The highest BCUT2D eigenvalue weighted by atomic mass is 32.1. The molecule has 4 rings (SSSR count). The molecule has 3 aromatic rings. The lowest BCUT2D eigenvalue weighted by atomic mass is 9.95. The number of para-hydroxylation sites is 2. The highest BCUT2D eigenvalue weighted by Gasteiger charge is 2.25. The van der Waals surface area contributed by atoms with Gasteiger partial charge in [0.25, 0.3) is 5.91 Å². The molecule has 0 atom stereocenters. The Morgan fingerprint density at radius 2 is 1.94 bits per heavy atom. The Balaban J connectivity index is 1.71. The second-order valence-electron chi connectivity index (χ2n) is 7.28. The van der Waals surface area contributed by atoms with E-state index in [2.05, 4.69) is 5.32 Å². The van der Waals surface area contributed by atoms with Gasteiger partial charge >= 0.3 is 0 Å². The summed E-state index contributed by atoms with van der Waals surface area (Å²) >= 11 is 1.62. The topological polar surface area (TPSA) is 59.9 Å². The lowest BCUT2D eigenvalue weighted by Gasteiger charge is -2.13. The van der Waals surface area contributed by atoms with Gasteiger partial charge in [-0.05, 0) is 62.4 Å². The van der Waals surface area contributed by atoms with Crippen molar-refractivity contribution in [3.8, 4) is 11.5 Å². The molecule has 1 aliphatic carbocycles. The summed E-state index contributed by atoms with van der Waals surface area (Å²) < 4.78 is 11.2. The van der Waals surface area contributed by atoms with Gasteiger partial charge in [0.15, 0.2) is 11.5 Å². The number of fused-ring (bicyclic) bond motifs is 1. The van der Waals surface area contributed by atoms with E-state index in [4.69, 9.17) is 14.5 Å². The maximum absolute atomic E-state index is 13.2. The van der Waals surface area contributed by atoms with Crippen LogP contribution in [-0.4, -0.2) is 25.8 Å². The Hall–Kier alpha value is -3.12. The van der Waals surface area contributed by atoms with Crippen molar-refractivity contribution >= 4 is 34.1 Å². The smallest absolute Gasteiger partial charge is 0.259 e. The van der Waals surface area contributed by atoms with Gasteiger partial charge in [-0.15, -0.1) is 11.3 Å². The van der Waals surface area contributed by atoms with Crippen LogP contribution in [0.4, 0.5) is 10.7 Å². The van der Waals surface area contributed by atoms with Crippen molar-refractivity contribution in [2.24, 2.45) is 4.99 Å². The molecule has 0 bridgehead atoms. The predicted octanol–water partition coefficient (Wildman–Crippen LogP) is 6.04. The number of benzene rings is 2. The Kier molecular flexibility index (Phi) is 6.67. The maximum Gasteiger partial charge on any atom is 0.259 e. The van der Waals surface area contributed by atoms with Gasteiger partial charge in [0.1, 0.15) is 5.00 Å². The second-order valence-corrected chi connectivity index (χ2v) is 8.36. The fourth-order valence-corrected chi connectivity index (χ4v) is 5.04. The minimum atomic E-state index is -0.103. The number of carbonyl (C=O) groups is 1. The summed E-state index contributed by atoms with van der Waals surface area (Å²) in [5, 5.41) is 3.77. The zero-order valence-corrected chi connectivity index (χ0v) is 18.6. The van der Waals surface area contributed by atoms with Gasteiger partial charge in [0.2, 0.25) is 0 Å². The van der Waals surface area contributed by atoms with Gasteiger partial charge < -0.3 is 14.8 Å². The zero-order chi connectivity index (χ0) is 21.6. The van der Waals surface area contributed by atoms with Gasteiger partial charge in [-0.3, -0.25) is 4.79 Å². The van der Waals surface area contributed by atoms with E-state index in [1.807, 2.05) is 55.5 Å². The number of methoxy groups -OCH3 is 1. The molecule has 1 aromatic heterocycles. The molecule has 2 aromatic carbocycles. The third-order valence-electron chi connectivity index (χ3n) is 5.25. The van der Waals surface area contributed by atoms with Gasteiger partial charge in [0.05, 0.1) is 19.3 Å². The molecule has 0 unspecified atom stereocenters. The van der Waals surface area contributed by atoms with Crippen LogP contribution in [0.5, 0.6) is 11.5 Å². The zero-order valence-electron chi connectivity index (χ0n) is 17.8. The van der Waals surface area contributed by atoms with E-state index >= 15 is 0 Å². The second kappa shape index (κ2) is 9.79. The summed E-state index contributed by atoms with van der Waals surface area (Å²) in [5.74, 6) is 1.22. The molecule has 0 aliphatic heterocycles. The fraction of sp³-hybridized carbons (Fsp3) is 0.280. The number of nitrogens with zero attached hydrogens (tertiary/aromatic N) is 1. The van der Waals surface area contributed by atoms with E-state index in [0.717, 1.165) is 47.5 Å². The number of aliphatic imine (C=N–C) groups is 1. The quantitative estimate of drug-likeness (QED) is 0.461. The normalized spacial score (nSPS) is 13.1. The van der Waals surface area contributed by atoms with E-state index in [0.29, 0.717) is 23.7 Å². The molecule has 0 radical (unpaired) electrons. The van der Waals surface area contributed by atoms with Crippen molar-refractivity contribution in [1.82, 2.24) is 0 Å². The number of anilines is 1. The standard InChI is InChI=1S/C25H26N2O3S/c1-3-30-23-17(10-9-14-20(23)29-2)16-26-25-22(19-13-7-8-15-21(19)31-25)24(28)27-18-11-5-4-6-12-18/h4-6,9-12,14,16H,3,7-8,13,15H2,1-2H3,(H,27,28). The minimum Gasteiger partial charge on any atom is -0.493 e. The van der Waals surface area contributed by atoms with Gasteiger partial charge in [-0.2, -0.15) is 0 Å². The number of amides is 1. The fourth-order valence-electron chi connectivity index (χ4n) is 3.81. The summed E-state index contributed by atoms with van der Waals surface area (Å²) in [6.07, 6.45) is 5.94. The Bertz CT molecular complexity index is 1090. The van der Waals surface area contributed by atoms with E-state index < -0.39 is 0 Å². The first-order valence-electron chi connectivity index (χ1n) is 10.6. The Labute approximate surface area is 186 Å². The summed E-state index contributed by atoms with van der Waals surface area (Å²) in [6, 6.07) is 15.3. The molecule has 1 amide bonds. The third kappa shape index (κ3) is 4.64. The third-order valence-corrected chi connectivity index (χ3v) is 6.45. The molecule has 0 spiro atoms. The van der Waals surface area contributed by atoms with Crippen LogP contribution < -0.4 is 14.8 Å². The maximum atomic E-state index is 13.2. The first-order valence-corrected chi connectivity index (χ1v) is 11.4. The summed E-state index contributed by atoms with van der Waals surface area (Å²) in [5.41, 5.74) is 3.44. The minimum absolute atomic E-state index is 0.103. The van der Waals surface area contributed by atoms with Crippen LogP contribution in [0, 0.1) is 0 Å². The largest absolute Gasteiger partial charge is 0.493 e. The molecule has 6 heteroatoms. The number of carbonyl (C=O) groups excluding carboxylic acids is 1. The Morgan fingerprint density at radius 1 is 1.13 bits per heavy atom. The molecule has 1 N–H and O–H groups in total. The van der Waals surface area contributed by atoms with Crippen LogP contribution in [0.2, 0.25) is 0 Å². The number of thiophene rings is 1. The van der Waals surface area contributed by atoms with Crippen molar-refractivity contribution in [2.75, 3.05) is 19.0 Å². The SMILES string of the molecule is CCOc1c(C=Nc2sc3c(c2C(=O)Nc2ccccc2)CCCC3)cccc1OC. The Morgan fingerprint density at radius 3 is 2.71 bits per heavy atom. The van der Waals surface area contributed by atoms with Crippen molar-refractivity contribution in [3.63, 3.8) is 0 Å². The van der Waals surface area contributed by atoms with Crippen molar-refractivity contribution in [3.05, 3.63) is 70.1 Å². The highest BCUT2D eigenvalue weighted by molar-refractivity contribution is 7.16. The molecular weight excluding hydrogens is 408 g/mol. The van der Waals surface area contributed by atoms with E-state index in [9.17, 15) is 4.79 Å². The summed E-state index contributed by atoms with van der Waals surface area (Å²) in [6.45, 7) is 2.46. The molecule has 0 saturated heterocycles. The molecule has 31 heavy (non-hydrogen) atoms. The van der Waals surface area contributed by atoms with E-state index in [1.165, 1.54) is 4.88 Å². The number of hydrogen-bond donors (Lipinski definition) is 1. The van der Waals surface area contributed by atoms with Crippen molar-refractivity contribution in [1.29, 1.82) is 0 Å². The van der Waals surface area contributed by atoms with Crippen LogP contribution in [-0.2, 0) is 12.8 Å². The number of nitrogens with one attached hydrogen (secondary N) is 1. The highest BCUT2D eigenvalue weighted by Crippen LogP contribution is 2.40. The predicted molar refractivity (Wildman–Crippen MR) is 127 cm³/mol. The molecule has 160 valence electrons. The number of hydrogen-bond acceptors (Lipinski definition) is 5. The van der Waals surface area contributed by atoms with Crippen LogP contribution in [0.3, 0.4) is 0 Å². The average Bonchev–Trinajstić information content (AvgIpc) is 3.17. The summed E-state index contributed by atoms with van der Waals surface area (Å²) in [4.78, 5) is 19.3. The lowest BCUT2D eigenvalue weighted by molar-refractivity contribution is 0.102. The molecule has 1 heterocycles. The van der Waals surface area contributed by atoms with E-state index in [1.54, 1.807) is 24.7 Å². The number of rotatable bonds is 7. The molecule has 5 nitrogen and oxygen atoms in total. The van der Waals surface area contributed by atoms with Crippen LogP contribution in [0.1, 0.15) is 46.1 Å². The first-order chi connectivity index (χ1) is 15.2. The van der Waals surface area contributed by atoms with Crippen LogP contribution >= 0.6 is 11.3 Å². The van der Waals surface area contributed by atoms with Crippen molar-refractivity contribution < 1.29 is 14.3 Å². The molecule has 1 aliphatic rings.